The van der Waals surface area contributed by atoms with E-state index < -0.39 is 14.2 Å². The zero-order valence-electron chi connectivity index (χ0n) is 8.84. The minimum atomic E-state index is -4.12. The molecule has 0 saturated carbocycles. The fraction of sp³-hybridized carbons (Fsp3) is 0.250. The third-order valence-electron chi connectivity index (χ3n) is 0.896. The fourth-order valence-electron chi connectivity index (χ4n) is 0.363. The van der Waals surface area contributed by atoms with Gasteiger partial charge in [0.1, 0.15) is 0 Å². The Morgan fingerprint density at radius 3 is 1.62 bits per heavy atom. The molecular weight excluding hydrogens is 279 g/mol. The Morgan fingerprint density at radius 1 is 1.19 bits per heavy atom. The molecule has 0 aromatic heterocycles. The molecule has 0 aliphatic rings. The van der Waals surface area contributed by atoms with Crippen LogP contribution < -0.4 is 10.6 Å². The van der Waals surface area contributed by atoms with Crippen molar-refractivity contribution in [3.8, 4) is 0 Å². The van der Waals surface area contributed by atoms with E-state index in [1.807, 2.05) is 0 Å². The normalized spacial score (nSPS) is 9.19. The van der Waals surface area contributed by atoms with Gasteiger partial charge in [-0.25, -0.2) is 0 Å². The first-order chi connectivity index (χ1) is 7.20. The molecule has 0 spiro atoms. The second kappa shape index (κ2) is 8.96. The standard InChI is InChI=1S/C7H10N2O2.CH5AsO3/c1-3-6(10)8-5-9-7(11)4-2;1-2(3,4)5/h3-4H,1-2,5H2,(H,8,10)(H,9,11);1H3,(H2,3,4,5). The summed E-state index contributed by atoms with van der Waals surface area (Å²) < 4.78 is 24.8. The molecule has 0 radical (unpaired) electrons. The van der Waals surface area contributed by atoms with E-state index in [2.05, 4.69) is 23.8 Å². The van der Waals surface area contributed by atoms with Gasteiger partial charge in [0.05, 0.1) is 6.67 Å². The van der Waals surface area contributed by atoms with Crippen LogP contribution in [-0.4, -0.2) is 40.8 Å². The van der Waals surface area contributed by atoms with Crippen molar-refractivity contribution in [3.05, 3.63) is 25.3 Å². The van der Waals surface area contributed by atoms with E-state index in [9.17, 15) is 13.3 Å². The van der Waals surface area contributed by atoms with Gasteiger partial charge in [-0.2, -0.15) is 0 Å². The molecule has 92 valence electrons. The first-order valence-corrected chi connectivity index (χ1v) is 8.36. The summed E-state index contributed by atoms with van der Waals surface area (Å²) in [5.74, 6) is -0.649. The molecule has 0 saturated heterocycles. The molecular formula is C8H15AsN2O5. The average Bonchev–Trinajstić information content (AvgIpc) is 2.14. The number of rotatable bonds is 4. The van der Waals surface area contributed by atoms with Gasteiger partial charge in [-0.05, 0) is 12.2 Å². The topological polar surface area (TPSA) is 116 Å². The molecule has 0 rings (SSSR count). The van der Waals surface area contributed by atoms with Gasteiger partial charge in [0.15, 0.2) is 0 Å². The van der Waals surface area contributed by atoms with Crippen LogP contribution in [0, 0.1) is 0 Å². The van der Waals surface area contributed by atoms with Crippen LogP contribution in [0.1, 0.15) is 0 Å². The number of hydrogen-bond acceptors (Lipinski definition) is 3. The molecule has 8 heteroatoms. The Kier molecular flexibility index (Phi) is 9.58. The summed E-state index contributed by atoms with van der Waals surface area (Å²) in [6.07, 6.45) is 2.25. The van der Waals surface area contributed by atoms with E-state index in [1.54, 1.807) is 0 Å². The minimum absolute atomic E-state index is 0.0930. The maximum absolute atomic E-state index is 10.5. The van der Waals surface area contributed by atoms with Crippen molar-refractivity contribution < 1.29 is 21.5 Å². The van der Waals surface area contributed by atoms with E-state index in [0.717, 1.165) is 17.9 Å². The summed E-state index contributed by atoms with van der Waals surface area (Å²) in [6.45, 7) is 6.56. The molecule has 0 heterocycles. The van der Waals surface area contributed by atoms with Crippen LogP contribution in [0.15, 0.2) is 25.3 Å². The number of amides is 2. The quantitative estimate of drug-likeness (QED) is 0.287. The summed E-state index contributed by atoms with van der Waals surface area (Å²) in [7, 11) is 0. The monoisotopic (exact) mass is 294 g/mol. The Bertz CT molecular complexity index is 281. The molecule has 0 unspecified atom stereocenters. The summed E-state index contributed by atoms with van der Waals surface area (Å²) in [4.78, 5) is 21.0. The molecule has 0 aliphatic heterocycles. The van der Waals surface area contributed by atoms with Crippen molar-refractivity contribution in [1.29, 1.82) is 0 Å². The summed E-state index contributed by atoms with van der Waals surface area (Å²) >= 11 is -4.12. The van der Waals surface area contributed by atoms with Crippen LogP contribution in [0.3, 0.4) is 0 Å². The SMILES string of the molecule is C=CC(=O)NCNC(=O)C=C.C[As](=O)(O)O. The number of carbonyl (C=O) groups is 2. The maximum atomic E-state index is 10.5. The van der Waals surface area contributed by atoms with Crippen LogP contribution in [-0.2, 0) is 13.3 Å². The molecule has 0 aromatic carbocycles. The van der Waals surface area contributed by atoms with Gasteiger partial charge >= 0.3 is 31.8 Å². The van der Waals surface area contributed by atoms with Gasteiger partial charge < -0.3 is 10.6 Å². The van der Waals surface area contributed by atoms with Crippen molar-refractivity contribution >= 4 is 26.0 Å². The molecule has 2 amide bonds. The van der Waals surface area contributed by atoms with Crippen LogP contribution in [0.2, 0.25) is 5.71 Å². The van der Waals surface area contributed by atoms with E-state index in [4.69, 9.17) is 8.19 Å². The molecule has 16 heavy (non-hydrogen) atoms. The zero-order valence-corrected chi connectivity index (χ0v) is 10.7. The van der Waals surface area contributed by atoms with E-state index >= 15 is 0 Å². The Labute approximate surface area is 96.2 Å². The van der Waals surface area contributed by atoms with Crippen LogP contribution >= 0.6 is 0 Å². The van der Waals surface area contributed by atoms with Crippen LogP contribution in [0.4, 0.5) is 0 Å². The van der Waals surface area contributed by atoms with Gasteiger partial charge in [0, 0.05) is 0 Å². The first-order valence-electron chi connectivity index (χ1n) is 4.04. The zero-order chi connectivity index (χ0) is 13.2. The predicted molar refractivity (Wildman–Crippen MR) is 58.3 cm³/mol. The molecule has 4 N–H and O–H groups in total. The number of hydrogen-bond donors (Lipinski definition) is 4. The van der Waals surface area contributed by atoms with E-state index in [1.165, 1.54) is 0 Å². The predicted octanol–water partition coefficient (Wildman–Crippen LogP) is -1.48. The molecule has 0 atom stereocenters. The number of nitrogens with one attached hydrogen (secondary N) is 2. The van der Waals surface area contributed by atoms with Crippen molar-refractivity contribution in [1.82, 2.24) is 10.6 Å². The van der Waals surface area contributed by atoms with Crippen molar-refractivity contribution in [2.75, 3.05) is 6.67 Å². The van der Waals surface area contributed by atoms with Gasteiger partial charge in [0.25, 0.3) is 0 Å². The van der Waals surface area contributed by atoms with Gasteiger partial charge in [-0.1, -0.05) is 13.2 Å². The first kappa shape index (κ1) is 17.1. The van der Waals surface area contributed by atoms with Crippen LogP contribution in [0.5, 0.6) is 0 Å². The summed E-state index contributed by atoms with van der Waals surface area (Å²) in [6, 6.07) is 0. The van der Waals surface area contributed by atoms with E-state index in [0.29, 0.717) is 0 Å². The van der Waals surface area contributed by atoms with Gasteiger partial charge in [0.2, 0.25) is 11.8 Å². The molecule has 0 aliphatic carbocycles. The molecule has 0 aromatic rings. The Balaban J connectivity index is 0. The van der Waals surface area contributed by atoms with Crippen molar-refractivity contribution in [2.24, 2.45) is 0 Å². The van der Waals surface area contributed by atoms with Gasteiger partial charge in [-0.15, -0.1) is 0 Å². The molecule has 7 nitrogen and oxygen atoms in total. The summed E-state index contributed by atoms with van der Waals surface area (Å²) in [5.41, 5.74) is 0.915. The second-order valence-electron chi connectivity index (χ2n) is 2.50. The van der Waals surface area contributed by atoms with Crippen LogP contribution in [0.25, 0.3) is 0 Å². The van der Waals surface area contributed by atoms with E-state index in [-0.39, 0.29) is 18.5 Å². The molecule has 0 bridgehead atoms. The average molecular weight is 294 g/mol. The fourth-order valence-corrected chi connectivity index (χ4v) is 0.363. The Hall–Kier alpha value is -1.30. The molecule has 0 fully saturated rings. The van der Waals surface area contributed by atoms with Gasteiger partial charge in [-0.3, -0.25) is 9.59 Å². The van der Waals surface area contributed by atoms with Crippen molar-refractivity contribution in [3.63, 3.8) is 0 Å². The third kappa shape index (κ3) is 23.0. The number of carbonyl (C=O) groups excluding carboxylic acids is 2. The van der Waals surface area contributed by atoms with Crippen molar-refractivity contribution in [2.45, 2.75) is 5.71 Å². The Morgan fingerprint density at radius 2 is 1.44 bits per heavy atom. The second-order valence-corrected chi connectivity index (χ2v) is 6.01. The third-order valence-corrected chi connectivity index (χ3v) is 0.896. The summed E-state index contributed by atoms with van der Waals surface area (Å²) in [5, 5.41) is 4.72.